The van der Waals surface area contributed by atoms with E-state index in [4.69, 9.17) is 0 Å². The average Bonchev–Trinajstić information content (AvgIpc) is 3.06. The van der Waals surface area contributed by atoms with Crippen molar-refractivity contribution in [2.75, 3.05) is 6.54 Å². The van der Waals surface area contributed by atoms with Crippen LogP contribution in [0.25, 0.3) is 5.65 Å². The highest BCUT2D eigenvalue weighted by Crippen LogP contribution is 2.11. The molecule has 0 aliphatic carbocycles. The number of pyridine rings is 1. The highest BCUT2D eigenvalue weighted by atomic mass is 15.0. The Morgan fingerprint density at radius 2 is 2.30 bits per heavy atom. The first kappa shape index (κ1) is 12.9. The Morgan fingerprint density at radius 3 is 3.15 bits per heavy atom. The molecule has 0 saturated heterocycles. The summed E-state index contributed by atoms with van der Waals surface area (Å²) in [7, 11) is 0. The number of nitrogens with one attached hydrogen (secondary N) is 2. The summed E-state index contributed by atoms with van der Waals surface area (Å²) in [5.74, 6) is 1.05. The van der Waals surface area contributed by atoms with Crippen LogP contribution in [0.3, 0.4) is 0 Å². The molecule has 3 rings (SSSR count). The number of fused-ring (bicyclic) bond motifs is 1. The van der Waals surface area contributed by atoms with Gasteiger partial charge in [0.2, 0.25) is 0 Å². The van der Waals surface area contributed by atoms with Crippen LogP contribution in [0.1, 0.15) is 23.6 Å². The second-order valence-corrected chi connectivity index (χ2v) is 4.89. The maximum absolute atomic E-state index is 4.56. The Bertz CT molecular complexity index is 669. The summed E-state index contributed by atoms with van der Waals surface area (Å²) >= 11 is 0. The van der Waals surface area contributed by atoms with Gasteiger partial charge in [-0.05, 0) is 32.0 Å². The van der Waals surface area contributed by atoms with E-state index >= 15 is 0 Å². The van der Waals surface area contributed by atoms with Crippen LogP contribution < -0.4 is 5.32 Å². The van der Waals surface area contributed by atoms with Crippen LogP contribution in [-0.2, 0) is 13.0 Å². The molecule has 0 aromatic carbocycles. The first-order valence-electron chi connectivity index (χ1n) is 6.96. The standard InChI is InChI=1S/C15H19N5/c1-12-13(20-10-3-2-6-15(20)19-12)11-16-7-4-5-14-17-8-9-18-14/h2-3,6,8-10,16H,4-5,7,11H2,1H3,(H,17,18). The van der Waals surface area contributed by atoms with Gasteiger partial charge in [0.05, 0.1) is 11.4 Å². The van der Waals surface area contributed by atoms with E-state index in [1.807, 2.05) is 24.4 Å². The quantitative estimate of drug-likeness (QED) is 0.674. The van der Waals surface area contributed by atoms with Crippen LogP contribution in [0.15, 0.2) is 36.8 Å². The molecule has 0 radical (unpaired) electrons. The number of aromatic amines is 1. The molecule has 0 atom stereocenters. The number of imidazole rings is 2. The lowest BCUT2D eigenvalue weighted by Crippen LogP contribution is -2.17. The van der Waals surface area contributed by atoms with Crippen LogP contribution >= 0.6 is 0 Å². The molecule has 20 heavy (non-hydrogen) atoms. The predicted octanol–water partition coefficient (Wildman–Crippen LogP) is 2.09. The molecular weight excluding hydrogens is 250 g/mol. The number of H-pyrrole nitrogens is 1. The number of aryl methyl sites for hydroxylation is 2. The maximum Gasteiger partial charge on any atom is 0.137 e. The van der Waals surface area contributed by atoms with E-state index in [9.17, 15) is 0 Å². The van der Waals surface area contributed by atoms with Crippen LogP contribution in [0.5, 0.6) is 0 Å². The van der Waals surface area contributed by atoms with Gasteiger partial charge in [-0.25, -0.2) is 9.97 Å². The lowest BCUT2D eigenvalue weighted by Gasteiger charge is -2.05. The third-order valence-electron chi connectivity index (χ3n) is 3.44. The van der Waals surface area contributed by atoms with Crippen molar-refractivity contribution in [2.45, 2.75) is 26.3 Å². The zero-order valence-corrected chi connectivity index (χ0v) is 11.6. The topological polar surface area (TPSA) is 58.0 Å². The lowest BCUT2D eigenvalue weighted by molar-refractivity contribution is 0.629. The first-order valence-corrected chi connectivity index (χ1v) is 6.96. The monoisotopic (exact) mass is 269 g/mol. The smallest absolute Gasteiger partial charge is 0.137 e. The van der Waals surface area contributed by atoms with Gasteiger partial charge < -0.3 is 14.7 Å². The number of hydrogen-bond donors (Lipinski definition) is 2. The molecular formula is C15H19N5. The molecule has 3 aromatic rings. The van der Waals surface area contributed by atoms with E-state index in [1.165, 1.54) is 5.69 Å². The largest absolute Gasteiger partial charge is 0.349 e. The van der Waals surface area contributed by atoms with Gasteiger partial charge in [-0.15, -0.1) is 0 Å². The van der Waals surface area contributed by atoms with Crippen molar-refractivity contribution in [3.8, 4) is 0 Å². The Morgan fingerprint density at radius 1 is 1.35 bits per heavy atom. The van der Waals surface area contributed by atoms with Gasteiger partial charge in [0, 0.05) is 31.6 Å². The van der Waals surface area contributed by atoms with Gasteiger partial charge in [0.15, 0.2) is 0 Å². The van der Waals surface area contributed by atoms with Crippen molar-refractivity contribution in [3.63, 3.8) is 0 Å². The molecule has 5 nitrogen and oxygen atoms in total. The van der Waals surface area contributed by atoms with Crippen molar-refractivity contribution in [1.82, 2.24) is 24.7 Å². The summed E-state index contributed by atoms with van der Waals surface area (Å²) in [6.07, 6.45) is 7.78. The van der Waals surface area contributed by atoms with Gasteiger partial charge in [-0.2, -0.15) is 0 Å². The third-order valence-corrected chi connectivity index (χ3v) is 3.44. The van der Waals surface area contributed by atoms with E-state index in [1.54, 1.807) is 6.20 Å². The van der Waals surface area contributed by atoms with Crippen molar-refractivity contribution in [3.05, 3.63) is 54.0 Å². The normalized spacial score (nSPS) is 11.2. The van der Waals surface area contributed by atoms with E-state index in [-0.39, 0.29) is 0 Å². The summed E-state index contributed by atoms with van der Waals surface area (Å²) in [4.78, 5) is 11.9. The van der Waals surface area contributed by atoms with Crippen molar-refractivity contribution in [2.24, 2.45) is 0 Å². The number of hydrogen-bond acceptors (Lipinski definition) is 3. The fourth-order valence-corrected chi connectivity index (χ4v) is 2.40. The van der Waals surface area contributed by atoms with E-state index < -0.39 is 0 Å². The molecule has 0 spiro atoms. The van der Waals surface area contributed by atoms with Gasteiger partial charge >= 0.3 is 0 Å². The van der Waals surface area contributed by atoms with Gasteiger partial charge in [-0.1, -0.05) is 6.07 Å². The number of aromatic nitrogens is 4. The first-order chi connectivity index (χ1) is 9.84. The van der Waals surface area contributed by atoms with Crippen LogP contribution in [0.2, 0.25) is 0 Å². The van der Waals surface area contributed by atoms with Gasteiger partial charge in [0.1, 0.15) is 11.5 Å². The Hall–Kier alpha value is -2.14. The van der Waals surface area contributed by atoms with E-state index in [0.717, 1.165) is 43.1 Å². The molecule has 0 unspecified atom stereocenters. The summed E-state index contributed by atoms with van der Waals surface area (Å²) < 4.78 is 2.15. The SMILES string of the molecule is Cc1nc2ccccn2c1CNCCCc1ncc[nH]1. The zero-order chi connectivity index (χ0) is 13.8. The fraction of sp³-hybridized carbons (Fsp3) is 0.333. The van der Waals surface area contributed by atoms with Gasteiger partial charge in [0.25, 0.3) is 0 Å². The predicted molar refractivity (Wildman–Crippen MR) is 78.5 cm³/mol. The Balaban J connectivity index is 1.53. The summed E-state index contributed by atoms with van der Waals surface area (Å²) in [6, 6.07) is 6.09. The van der Waals surface area contributed by atoms with Gasteiger partial charge in [-0.3, -0.25) is 0 Å². The molecule has 0 aliphatic heterocycles. The number of nitrogens with zero attached hydrogens (tertiary/aromatic N) is 3. The molecule has 0 saturated carbocycles. The molecule has 0 amide bonds. The molecule has 3 heterocycles. The Labute approximate surface area is 118 Å². The van der Waals surface area contributed by atoms with E-state index in [0.29, 0.717) is 0 Å². The zero-order valence-electron chi connectivity index (χ0n) is 11.6. The van der Waals surface area contributed by atoms with Crippen molar-refractivity contribution in [1.29, 1.82) is 0 Å². The highest BCUT2D eigenvalue weighted by molar-refractivity contribution is 5.42. The van der Waals surface area contributed by atoms with Crippen LogP contribution in [0, 0.1) is 6.92 Å². The van der Waals surface area contributed by atoms with Crippen molar-refractivity contribution >= 4 is 5.65 Å². The molecule has 5 heteroatoms. The second kappa shape index (κ2) is 5.88. The second-order valence-electron chi connectivity index (χ2n) is 4.89. The summed E-state index contributed by atoms with van der Waals surface area (Å²) in [6.45, 7) is 3.88. The molecule has 0 fully saturated rings. The average molecular weight is 269 g/mol. The summed E-state index contributed by atoms with van der Waals surface area (Å²) in [5, 5.41) is 3.48. The Kier molecular flexibility index (Phi) is 3.78. The van der Waals surface area contributed by atoms with Crippen LogP contribution in [0.4, 0.5) is 0 Å². The molecule has 0 aliphatic rings. The van der Waals surface area contributed by atoms with Crippen LogP contribution in [-0.4, -0.2) is 25.9 Å². The van der Waals surface area contributed by atoms with Crippen molar-refractivity contribution < 1.29 is 0 Å². The maximum atomic E-state index is 4.56. The molecule has 2 N–H and O–H groups in total. The lowest BCUT2D eigenvalue weighted by atomic mass is 10.3. The minimum atomic E-state index is 0.842. The minimum absolute atomic E-state index is 0.842. The number of rotatable bonds is 6. The molecule has 3 aromatic heterocycles. The summed E-state index contributed by atoms with van der Waals surface area (Å²) in [5.41, 5.74) is 3.34. The molecule has 104 valence electrons. The minimum Gasteiger partial charge on any atom is -0.349 e. The highest BCUT2D eigenvalue weighted by Gasteiger charge is 2.06. The van der Waals surface area contributed by atoms with E-state index in [2.05, 4.69) is 37.8 Å². The third kappa shape index (κ3) is 2.72. The molecule has 0 bridgehead atoms. The fourth-order valence-electron chi connectivity index (χ4n) is 2.40.